The summed E-state index contributed by atoms with van der Waals surface area (Å²) >= 11 is 3.36. The molecule has 0 aliphatic heterocycles. The zero-order chi connectivity index (χ0) is 18.0. The molecule has 3 aromatic rings. The molecule has 1 amide bonds. The first-order valence-corrected chi connectivity index (χ1v) is 8.53. The number of hydrogen-bond acceptors (Lipinski definition) is 3. The number of carbonyl (C=O) groups excluding carboxylic acids is 1. The van der Waals surface area contributed by atoms with Crippen LogP contribution in [0.2, 0.25) is 0 Å². The molecule has 1 aromatic heterocycles. The third kappa shape index (κ3) is 3.30. The minimum absolute atomic E-state index is 0.327. The smallest absolute Gasteiger partial charge is 0.275 e. The van der Waals surface area contributed by atoms with Crippen LogP contribution in [-0.2, 0) is 7.05 Å². The van der Waals surface area contributed by atoms with E-state index in [1.165, 1.54) is 7.11 Å². The number of nitrogens with zero attached hydrogens (tertiary/aromatic N) is 2. The number of hydrazone groups is 1. The van der Waals surface area contributed by atoms with Gasteiger partial charge in [-0.25, -0.2) is 5.43 Å². The number of amides is 1. The van der Waals surface area contributed by atoms with E-state index in [0.717, 1.165) is 26.6 Å². The molecule has 128 valence electrons. The highest BCUT2D eigenvalue weighted by Gasteiger charge is 2.13. The van der Waals surface area contributed by atoms with Crippen molar-refractivity contribution in [2.75, 3.05) is 7.11 Å². The molecule has 5 nitrogen and oxygen atoms in total. The van der Waals surface area contributed by atoms with Crippen molar-refractivity contribution in [2.45, 2.75) is 6.92 Å². The lowest BCUT2D eigenvalue weighted by molar-refractivity contribution is 0.0952. The van der Waals surface area contributed by atoms with E-state index < -0.39 is 0 Å². The number of aryl methyl sites for hydroxylation is 1. The summed E-state index contributed by atoms with van der Waals surface area (Å²) in [6.45, 7) is 2.03. The maximum absolute atomic E-state index is 12.4. The molecule has 0 atom stereocenters. The molecule has 2 aromatic carbocycles. The van der Waals surface area contributed by atoms with Gasteiger partial charge >= 0.3 is 0 Å². The summed E-state index contributed by atoms with van der Waals surface area (Å²) in [7, 11) is 3.54. The number of nitrogens with one attached hydrogen (secondary N) is 1. The summed E-state index contributed by atoms with van der Waals surface area (Å²) in [6.07, 6.45) is 1.68. The standard InChI is InChI=1S/C19H18BrN3O2/c1-12-16(14-6-4-5-7-17(14)23(12)2)11-21-22-19(24)15-10-13(20)8-9-18(15)25-3/h4-11H,1-3H3,(H,22,24)/b21-11+. The predicted molar refractivity (Wildman–Crippen MR) is 103 cm³/mol. The average Bonchev–Trinajstić information content (AvgIpc) is 2.86. The molecule has 25 heavy (non-hydrogen) atoms. The van der Waals surface area contributed by atoms with Gasteiger partial charge in [0.2, 0.25) is 0 Å². The predicted octanol–water partition coefficient (Wildman–Crippen LogP) is 4.02. The van der Waals surface area contributed by atoms with Gasteiger partial charge in [-0.05, 0) is 31.2 Å². The summed E-state index contributed by atoms with van der Waals surface area (Å²) in [5, 5.41) is 5.24. The lowest BCUT2D eigenvalue weighted by Crippen LogP contribution is -2.18. The van der Waals surface area contributed by atoms with Crippen molar-refractivity contribution in [3.8, 4) is 5.75 Å². The van der Waals surface area contributed by atoms with E-state index in [-0.39, 0.29) is 5.91 Å². The first-order chi connectivity index (χ1) is 12.0. The van der Waals surface area contributed by atoms with E-state index in [4.69, 9.17) is 4.74 Å². The van der Waals surface area contributed by atoms with Crippen LogP contribution in [0.5, 0.6) is 5.75 Å². The van der Waals surface area contributed by atoms with Crippen molar-refractivity contribution in [1.82, 2.24) is 9.99 Å². The van der Waals surface area contributed by atoms with Gasteiger partial charge in [-0.1, -0.05) is 34.1 Å². The normalized spacial score (nSPS) is 11.2. The summed E-state index contributed by atoms with van der Waals surface area (Å²) < 4.78 is 8.13. The van der Waals surface area contributed by atoms with Crippen molar-refractivity contribution >= 4 is 39.0 Å². The lowest BCUT2D eigenvalue weighted by atomic mass is 10.1. The van der Waals surface area contributed by atoms with Crippen molar-refractivity contribution < 1.29 is 9.53 Å². The van der Waals surface area contributed by atoms with Crippen LogP contribution in [0.15, 0.2) is 52.0 Å². The molecule has 1 heterocycles. The second-order valence-corrected chi connectivity index (χ2v) is 6.53. The summed E-state index contributed by atoms with van der Waals surface area (Å²) in [5.74, 6) is 0.171. The van der Waals surface area contributed by atoms with E-state index >= 15 is 0 Å². The molecule has 0 saturated heterocycles. The zero-order valence-corrected chi connectivity index (χ0v) is 15.8. The SMILES string of the molecule is COc1ccc(Br)cc1C(=O)N/N=C/c1c(C)n(C)c2ccccc12. The van der Waals surface area contributed by atoms with Gasteiger partial charge in [-0.3, -0.25) is 4.79 Å². The lowest BCUT2D eigenvalue weighted by Gasteiger charge is -2.07. The van der Waals surface area contributed by atoms with Gasteiger partial charge in [0.15, 0.2) is 0 Å². The quantitative estimate of drug-likeness (QED) is 0.531. The zero-order valence-electron chi connectivity index (χ0n) is 14.2. The topological polar surface area (TPSA) is 55.6 Å². The highest BCUT2D eigenvalue weighted by atomic mass is 79.9. The fraction of sp³-hybridized carbons (Fsp3) is 0.158. The Hall–Kier alpha value is -2.60. The monoisotopic (exact) mass is 399 g/mol. The maximum Gasteiger partial charge on any atom is 0.275 e. The van der Waals surface area contributed by atoms with Crippen LogP contribution < -0.4 is 10.2 Å². The van der Waals surface area contributed by atoms with E-state index in [0.29, 0.717) is 11.3 Å². The molecule has 0 bridgehead atoms. The highest BCUT2D eigenvalue weighted by molar-refractivity contribution is 9.10. The maximum atomic E-state index is 12.4. The Morgan fingerprint density at radius 3 is 2.80 bits per heavy atom. The fourth-order valence-electron chi connectivity index (χ4n) is 2.79. The molecule has 0 aliphatic rings. The van der Waals surface area contributed by atoms with Crippen LogP contribution in [0.1, 0.15) is 21.6 Å². The van der Waals surface area contributed by atoms with Crippen LogP contribution in [0.25, 0.3) is 10.9 Å². The van der Waals surface area contributed by atoms with E-state index in [1.807, 2.05) is 38.2 Å². The van der Waals surface area contributed by atoms with Crippen molar-refractivity contribution in [3.05, 3.63) is 63.8 Å². The van der Waals surface area contributed by atoms with Gasteiger partial charge in [0, 0.05) is 33.7 Å². The van der Waals surface area contributed by atoms with Crippen molar-refractivity contribution in [1.29, 1.82) is 0 Å². The van der Waals surface area contributed by atoms with Crippen molar-refractivity contribution in [3.63, 3.8) is 0 Å². The van der Waals surface area contributed by atoms with Crippen LogP contribution in [0, 0.1) is 6.92 Å². The Labute approximate surface area is 154 Å². The molecular weight excluding hydrogens is 382 g/mol. The van der Waals surface area contributed by atoms with Crippen molar-refractivity contribution in [2.24, 2.45) is 12.1 Å². The summed E-state index contributed by atoms with van der Waals surface area (Å²) in [6, 6.07) is 13.4. The third-order valence-corrected chi connectivity index (χ3v) is 4.71. The number of halogens is 1. The Balaban J connectivity index is 1.86. The molecule has 0 radical (unpaired) electrons. The number of aromatic nitrogens is 1. The first-order valence-electron chi connectivity index (χ1n) is 7.74. The molecule has 0 unspecified atom stereocenters. The molecule has 6 heteroatoms. The Morgan fingerprint density at radius 2 is 2.04 bits per heavy atom. The largest absolute Gasteiger partial charge is 0.496 e. The Morgan fingerprint density at radius 1 is 1.28 bits per heavy atom. The number of para-hydroxylation sites is 1. The Kier molecular flexibility index (Phi) is 4.90. The molecule has 0 spiro atoms. The number of rotatable bonds is 4. The first kappa shape index (κ1) is 17.2. The average molecular weight is 400 g/mol. The molecule has 0 saturated carbocycles. The second kappa shape index (κ2) is 7.11. The van der Waals surface area contributed by atoms with Gasteiger partial charge in [0.25, 0.3) is 5.91 Å². The second-order valence-electron chi connectivity index (χ2n) is 5.62. The van der Waals surface area contributed by atoms with Gasteiger partial charge in [0.1, 0.15) is 5.75 Å². The van der Waals surface area contributed by atoms with Gasteiger partial charge in [-0.2, -0.15) is 5.10 Å². The van der Waals surface area contributed by atoms with E-state index in [2.05, 4.69) is 37.1 Å². The van der Waals surface area contributed by atoms with Crippen LogP contribution in [0.3, 0.4) is 0 Å². The number of ether oxygens (including phenoxy) is 1. The van der Waals surface area contributed by atoms with Crippen LogP contribution >= 0.6 is 15.9 Å². The molecule has 0 aliphatic carbocycles. The number of hydrogen-bond donors (Lipinski definition) is 1. The van der Waals surface area contributed by atoms with Crippen LogP contribution in [-0.4, -0.2) is 23.8 Å². The molecule has 0 fully saturated rings. The highest BCUT2D eigenvalue weighted by Crippen LogP contribution is 2.24. The van der Waals surface area contributed by atoms with E-state index in [1.54, 1.807) is 18.3 Å². The van der Waals surface area contributed by atoms with Gasteiger partial charge in [0.05, 0.1) is 18.9 Å². The number of fused-ring (bicyclic) bond motifs is 1. The summed E-state index contributed by atoms with van der Waals surface area (Å²) in [4.78, 5) is 12.4. The van der Waals surface area contributed by atoms with E-state index in [9.17, 15) is 4.79 Å². The van der Waals surface area contributed by atoms with Gasteiger partial charge < -0.3 is 9.30 Å². The molecule has 1 N–H and O–H groups in total. The van der Waals surface area contributed by atoms with Gasteiger partial charge in [-0.15, -0.1) is 0 Å². The Bertz CT molecular complexity index is 976. The summed E-state index contributed by atoms with van der Waals surface area (Å²) in [5.41, 5.74) is 6.19. The minimum atomic E-state index is -0.327. The minimum Gasteiger partial charge on any atom is -0.496 e. The number of carbonyl (C=O) groups is 1. The van der Waals surface area contributed by atoms with Crippen LogP contribution in [0.4, 0.5) is 0 Å². The molecule has 3 rings (SSSR count). The number of methoxy groups -OCH3 is 1. The molecular formula is C19H18BrN3O2. The fourth-order valence-corrected chi connectivity index (χ4v) is 3.15. The third-order valence-electron chi connectivity index (χ3n) is 4.21. The number of benzene rings is 2.